The number of carboxylic acid groups (broad SMARTS) is 1. The summed E-state index contributed by atoms with van der Waals surface area (Å²) in [6.07, 6.45) is 1.51. The third kappa shape index (κ3) is 4.19. The quantitative estimate of drug-likeness (QED) is 0.474. The van der Waals surface area contributed by atoms with Gasteiger partial charge in [-0.2, -0.15) is 0 Å². The number of aliphatic carboxylic acids is 1. The average Bonchev–Trinajstić information content (AvgIpc) is 2.34. The van der Waals surface area contributed by atoms with Crippen LogP contribution in [0.4, 0.5) is 5.69 Å². The molecule has 108 valence electrons. The summed E-state index contributed by atoms with van der Waals surface area (Å²) < 4.78 is 0. The molecule has 0 bridgehead atoms. The number of nitro benzene ring substituents is 1. The Morgan fingerprint density at radius 1 is 1.50 bits per heavy atom. The van der Waals surface area contributed by atoms with E-state index in [0.29, 0.717) is 0 Å². The summed E-state index contributed by atoms with van der Waals surface area (Å²) in [5.41, 5.74) is -0.00822. The molecule has 0 aliphatic rings. The first kappa shape index (κ1) is 16.4. The Balaban J connectivity index is 3.15. The zero-order chi connectivity index (χ0) is 15.3. The second kappa shape index (κ2) is 7.23. The largest absolute Gasteiger partial charge is 0.480 e. The molecule has 0 radical (unpaired) electrons. The number of hydrogen-bond donors (Lipinski definition) is 1. The molecule has 0 spiro atoms. The Morgan fingerprint density at radius 3 is 2.65 bits per heavy atom. The summed E-state index contributed by atoms with van der Waals surface area (Å²) in [6.45, 7) is 3.48. The molecule has 0 unspecified atom stereocenters. The number of nitrogens with zero attached hydrogens (tertiary/aromatic N) is 2. The van der Waals surface area contributed by atoms with E-state index in [2.05, 4.69) is 6.58 Å². The van der Waals surface area contributed by atoms with Crippen molar-refractivity contribution in [2.75, 3.05) is 13.1 Å². The van der Waals surface area contributed by atoms with Crippen LogP contribution in [-0.2, 0) is 11.3 Å². The fourth-order valence-corrected chi connectivity index (χ4v) is 2.08. The average molecular weight is 319 g/mol. The Kier molecular flexibility index (Phi) is 5.94. The highest BCUT2D eigenvalue weighted by atomic mass is 35.5. The van der Waals surface area contributed by atoms with Crippen LogP contribution in [0.5, 0.6) is 0 Å². The van der Waals surface area contributed by atoms with Crippen LogP contribution in [0, 0.1) is 10.1 Å². The molecular weight excluding hydrogens is 307 g/mol. The maximum Gasteiger partial charge on any atom is 0.317 e. The summed E-state index contributed by atoms with van der Waals surface area (Å²) in [6, 6.07) is 2.58. The fourth-order valence-electron chi connectivity index (χ4n) is 1.69. The Hall–Kier alpha value is -1.63. The van der Waals surface area contributed by atoms with Crippen molar-refractivity contribution in [1.29, 1.82) is 0 Å². The van der Waals surface area contributed by atoms with E-state index < -0.39 is 10.9 Å². The smallest absolute Gasteiger partial charge is 0.317 e. The number of carboxylic acids is 1. The lowest BCUT2D eigenvalue weighted by atomic mass is 10.1. The van der Waals surface area contributed by atoms with E-state index in [9.17, 15) is 14.9 Å². The van der Waals surface area contributed by atoms with Crippen molar-refractivity contribution in [3.63, 3.8) is 0 Å². The predicted octanol–water partition coefficient (Wildman–Crippen LogP) is 2.97. The molecule has 1 rings (SSSR count). The molecule has 8 heteroatoms. The molecule has 1 aromatic rings. The van der Waals surface area contributed by atoms with Crippen LogP contribution >= 0.6 is 23.2 Å². The van der Waals surface area contributed by atoms with Crippen molar-refractivity contribution in [3.05, 3.63) is 50.5 Å². The first-order valence-corrected chi connectivity index (χ1v) is 6.28. The van der Waals surface area contributed by atoms with E-state index in [1.807, 2.05) is 0 Å². The second-order valence-corrected chi connectivity index (χ2v) is 4.75. The molecule has 0 amide bonds. The fraction of sp³-hybridized carbons (Fsp3) is 0.250. The minimum absolute atomic E-state index is 0.00593. The number of rotatable bonds is 7. The van der Waals surface area contributed by atoms with Gasteiger partial charge in [-0.15, -0.1) is 6.58 Å². The summed E-state index contributed by atoms with van der Waals surface area (Å²) in [5, 5.41) is 20.1. The molecule has 20 heavy (non-hydrogen) atoms. The molecule has 0 fully saturated rings. The van der Waals surface area contributed by atoms with Gasteiger partial charge in [-0.05, 0) is 6.07 Å². The van der Waals surface area contributed by atoms with E-state index in [4.69, 9.17) is 28.3 Å². The van der Waals surface area contributed by atoms with Gasteiger partial charge in [0.2, 0.25) is 0 Å². The lowest BCUT2D eigenvalue weighted by Crippen LogP contribution is -2.29. The zero-order valence-electron chi connectivity index (χ0n) is 10.4. The lowest BCUT2D eigenvalue weighted by molar-refractivity contribution is -0.385. The number of nitro groups is 1. The molecule has 0 atom stereocenters. The highest BCUT2D eigenvalue weighted by Gasteiger charge is 2.22. The van der Waals surface area contributed by atoms with Crippen molar-refractivity contribution in [2.24, 2.45) is 0 Å². The minimum Gasteiger partial charge on any atom is -0.480 e. The first-order chi connectivity index (χ1) is 9.36. The maximum atomic E-state index is 11.0. The summed E-state index contributed by atoms with van der Waals surface area (Å²) >= 11 is 11.8. The second-order valence-electron chi connectivity index (χ2n) is 3.97. The van der Waals surface area contributed by atoms with Gasteiger partial charge in [-0.25, -0.2) is 0 Å². The van der Waals surface area contributed by atoms with Gasteiger partial charge in [-0.3, -0.25) is 19.8 Å². The zero-order valence-corrected chi connectivity index (χ0v) is 11.9. The molecule has 6 nitrogen and oxygen atoms in total. The van der Waals surface area contributed by atoms with Gasteiger partial charge >= 0.3 is 5.97 Å². The highest BCUT2D eigenvalue weighted by Crippen LogP contribution is 2.33. The Bertz CT molecular complexity index is 549. The van der Waals surface area contributed by atoms with E-state index in [-0.39, 0.29) is 40.9 Å². The van der Waals surface area contributed by atoms with Crippen LogP contribution in [-0.4, -0.2) is 34.0 Å². The maximum absolute atomic E-state index is 11.0. The number of halogens is 2. The topological polar surface area (TPSA) is 83.7 Å². The van der Waals surface area contributed by atoms with Gasteiger partial charge in [0.15, 0.2) is 0 Å². The van der Waals surface area contributed by atoms with Crippen LogP contribution in [0.2, 0.25) is 10.0 Å². The van der Waals surface area contributed by atoms with E-state index in [1.165, 1.54) is 23.1 Å². The van der Waals surface area contributed by atoms with Crippen LogP contribution in [0.1, 0.15) is 5.56 Å². The van der Waals surface area contributed by atoms with Crippen LogP contribution in [0.3, 0.4) is 0 Å². The highest BCUT2D eigenvalue weighted by molar-refractivity contribution is 6.42. The third-order valence-electron chi connectivity index (χ3n) is 2.50. The Morgan fingerprint density at radius 2 is 2.15 bits per heavy atom. The van der Waals surface area contributed by atoms with Gasteiger partial charge in [-0.1, -0.05) is 29.3 Å². The number of benzene rings is 1. The van der Waals surface area contributed by atoms with Gasteiger partial charge in [0, 0.05) is 19.2 Å². The van der Waals surface area contributed by atoms with Crippen LogP contribution in [0.25, 0.3) is 0 Å². The van der Waals surface area contributed by atoms with Gasteiger partial charge in [0.25, 0.3) is 5.69 Å². The van der Waals surface area contributed by atoms with E-state index in [1.54, 1.807) is 0 Å². The van der Waals surface area contributed by atoms with Gasteiger partial charge in [0.1, 0.15) is 0 Å². The number of hydrogen-bond acceptors (Lipinski definition) is 4. The lowest BCUT2D eigenvalue weighted by Gasteiger charge is -2.19. The van der Waals surface area contributed by atoms with Crippen LogP contribution < -0.4 is 0 Å². The third-order valence-corrected chi connectivity index (χ3v) is 3.34. The molecule has 0 aliphatic carbocycles. The SMILES string of the molecule is C=CCN(CC(=O)O)Cc1c([N+](=O)[O-])ccc(Cl)c1Cl. The normalized spacial score (nSPS) is 10.6. The molecule has 0 aromatic heterocycles. The van der Waals surface area contributed by atoms with Crippen molar-refractivity contribution in [1.82, 2.24) is 4.90 Å². The van der Waals surface area contributed by atoms with Gasteiger partial charge in [0.05, 0.1) is 27.1 Å². The van der Waals surface area contributed by atoms with Crippen molar-refractivity contribution < 1.29 is 14.8 Å². The Labute approximate surface area is 125 Å². The molecule has 0 aliphatic heterocycles. The standard InChI is InChI=1S/C12H12Cl2N2O4/c1-2-5-15(7-11(17)18)6-8-10(16(19)20)4-3-9(13)12(8)14/h2-4H,1,5-7H2,(H,17,18). The van der Waals surface area contributed by atoms with Crippen LogP contribution in [0.15, 0.2) is 24.8 Å². The molecule has 0 saturated carbocycles. The summed E-state index contributed by atoms with van der Waals surface area (Å²) in [4.78, 5) is 22.7. The van der Waals surface area contributed by atoms with Crippen molar-refractivity contribution in [3.8, 4) is 0 Å². The number of carbonyl (C=O) groups is 1. The summed E-state index contributed by atoms with van der Waals surface area (Å²) in [7, 11) is 0. The predicted molar refractivity (Wildman–Crippen MR) is 76.2 cm³/mol. The monoisotopic (exact) mass is 318 g/mol. The van der Waals surface area contributed by atoms with E-state index >= 15 is 0 Å². The molecule has 1 N–H and O–H groups in total. The van der Waals surface area contributed by atoms with Crippen molar-refractivity contribution >= 4 is 34.9 Å². The van der Waals surface area contributed by atoms with Gasteiger partial charge < -0.3 is 5.11 Å². The molecule has 0 saturated heterocycles. The van der Waals surface area contributed by atoms with Crippen molar-refractivity contribution in [2.45, 2.75) is 6.54 Å². The molecule has 0 heterocycles. The molecule has 1 aromatic carbocycles. The van der Waals surface area contributed by atoms with E-state index in [0.717, 1.165) is 0 Å². The molecular formula is C12H12Cl2N2O4. The minimum atomic E-state index is -1.05. The first-order valence-electron chi connectivity index (χ1n) is 5.53. The summed E-state index contributed by atoms with van der Waals surface area (Å²) in [5.74, 6) is -1.05.